The van der Waals surface area contributed by atoms with Gasteiger partial charge in [0.05, 0.1) is 17.9 Å². The van der Waals surface area contributed by atoms with Crippen LogP contribution >= 0.6 is 0 Å². The molecule has 2 rings (SSSR count). The number of aliphatic imine (C=N–C) groups is 2. The maximum Gasteiger partial charge on any atom is 0.221 e. The van der Waals surface area contributed by atoms with Crippen LogP contribution in [-0.2, 0) is 0 Å². The van der Waals surface area contributed by atoms with Crippen molar-refractivity contribution in [2.24, 2.45) is 9.98 Å². The molecule has 0 saturated heterocycles. The first-order valence-electron chi connectivity index (χ1n) is 5.16. The Bertz CT molecular complexity index is 375. The molecule has 80 valence electrons. The average Bonchev–Trinajstić information content (AvgIpc) is 2.99. The monoisotopic (exact) mass is 205 g/mol. The third-order valence-electron chi connectivity index (χ3n) is 2.24. The molecule has 0 radical (unpaired) electrons. The summed E-state index contributed by atoms with van der Waals surface area (Å²) in [7, 11) is 0. The van der Waals surface area contributed by atoms with E-state index in [0.717, 1.165) is 5.69 Å². The summed E-state index contributed by atoms with van der Waals surface area (Å²) >= 11 is 0. The number of hydrogen-bond donors (Lipinski definition) is 1. The van der Waals surface area contributed by atoms with E-state index in [0.29, 0.717) is 18.5 Å². The second-order valence-corrected chi connectivity index (χ2v) is 3.52. The Kier molecular flexibility index (Phi) is 2.80. The highest BCUT2D eigenvalue weighted by Crippen LogP contribution is 2.34. The summed E-state index contributed by atoms with van der Waals surface area (Å²) in [5.74, 6) is 0.549. The Labute approximate surface area is 88.9 Å². The molecule has 5 nitrogen and oxygen atoms in total. The van der Waals surface area contributed by atoms with Gasteiger partial charge in [-0.25, -0.2) is 4.99 Å². The molecule has 0 amide bonds. The second-order valence-electron chi connectivity index (χ2n) is 3.52. The van der Waals surface area contributed by atoms with Crippen LogP contribution in [0.3, 0.4) is 0 Å². The number of aromatic nitrogens is 2. The van der Waals surface area contributed by atoms with Gasteiger partial charge in [0.25, 0.3) is 0 Å². The summed E-state index contributed by atoms with van der Waals surface area (Å²) in [5.41, 5.74) is 0.918. The first kappa shape index (κ1) is 9.89. The van der Waals surface area contributed by atoms with Gasteiger partial charge in [0.2, 0.25) is 5.96 Å². The van der Waals surface area contributed by atoms with Gasteiger partial charge in [-0.15, -0.1) is 0 Å². The summed E-state index contributed by atoms with van der Waals surface area (Å²) in [6.07, 6.45) is 6.23. The minimum Gasteiger partial charge on any atom is -0.322 e. The van der Waals surface area contributed by atoms with Gasteiger partial charge in [-0.3, -0.25) is 9.67 Å². The molecule has 1 fully saturated rings. The van der Waals surface area contributed by atoms with E-state index in [-0.39, 0.29) is 0 Å². The Morgan fingerprint density at radius 1 is 1.73 bits per heavy atom. The Hall–Kier alpha value is -1.65. The van der Waals surface area contributed by atoms with E-state index in [4.69, 9.17) is 0 Å². The van der Waals surface area contributed by atoms with Gasteiger partial charge in [-0.1, -0.05) is 0 Å². The van der Waals surface area contributed by atoms with Crippen molar-refractivity contribution in [3.05, 3.63) is 12.4 Å². The summed E-state index contributed by atoms with van der Waals surface area (Å²) in [4.78, 5) is 7.94. The van der Waals surface area contributed by atoms with Gasteiger partial charge in [-0.2, -0.15) is 5.10 Å². The van der Waals surface area contributed by atoms with Gasteiger partial charge >= 0.3 is 0 Å². The molecule has 0 unspecified atom stereocenters. The second kappa shape index (κ2) is 4.25. The number of hydrogen-bond acceptors (Lipinski definition) is 2. The van der Waals surface area contributed by atoms with E-state index in [2.05, 4.69) is 27.1 Å². The minimum absolute atomic E-state index is 0.549. The largest absolute Gasteiger partial charge is 0.322 e. The highest BCUT2D eigenvalue weighted by molar-refractivity contribution is 5.96. The minimum atomic E-state index is 0.549. The smallest absolute Gasteiger partial charge is 0.221 e. The first-order chi connectivity index (χ1) is 7.33. The van der Waals surface area contributed by atoms with E-state index in [1.54, 1.807) is 6.20 Å². The van der Waals surface area contributed by atoms with E-state index < -0.39 is 0 Å². The predicted octanol–water partition coefficient (Wildman–Crippen LogP) is 1.71. The normalized spacial score (nSPS) is 16.5. The van der Waals surface area contributed by atoms with Crippen LogP contribution in [0.2, 0.25) is 0 Å². The molecule has 0 bridgehead atoms. The number of guanidine groups is 1. The lowest BCUT2D eigenvalue weighted by Gasteiger charge is -2.00. The molecule has 5 heteroatoms. The molecule has 1 heterocycles. The maximum absolute atomic E-state index is 4.26. The molecule has 1 aliphatic rings. The molecule has 0 spiro atoms. The first-order valence-corrected chi connectivity index (χ1v) is 5.16. The topological polar surface area (TPSA) is 54.6 Å². The molecule has 1 aromatic rings. The fourth-order valence-corrected chi connectivity index (χ4v) is 1.35. The quantitative estimate of drug-likeness (QED) is 0.603. The molecule has 0 atom stereocenters. The molecular formula is C10H15N5. The van der Waals surface area contributed by atoms with Crippen LogP contribution in [0.4, 0.5) is 5.69 Å². The van der Waals surface area contributed by atoms with E-state index in [1.807, 2.05) is 17.8 Å². The molecular weight excluding hydrogens is 190 g/mol. The van der Waals surface area contributed by atoms with E-state index in [1.165, 1.54) is 12.8 Å². The van der Waals surface area contributed by atoms with Crippen LogP contribution in [0.25, 0.3) is 0 Å². The van der Waals surface area contributed by atoms with E-state index in [9.17, 15) is 0 Å². The van der Waals surface area contributed by atoms with E-state index >= 15 is 0 Å². The van der Waals surface area contributed by atoms with Crippen molar-refractivity contribution in [1.29, 1.82) is 0 Å². The predicted molar refractivity (Wildman–Crippen MR) is 61.6 cm³/mol. The van der Waals surface area contributed by atoms with Crippen LogP contribution in [-0.4, -0.2) is 29.0 Å². The third kappa shape index (κ3) is 2.43. The average molecular weight is 205 g/mol. The molecule has 1 aromatic heterocycles. The number of nitrogens with one attached hydrogen (secondary N) is 1. The van der Waals surface area contributed by atoms with Crippen molar-refractivity contribution in [3.63, 3.8) is 0 Å². The molecule has 15 heavy (non-hydrogen) atoms. The summed E-state index contributed by atoms with van der Waals surface area (Å²) < 4.78 is 1.98. The van der Waals surface area contributed by atoms with Crippen LogP contribution in [0, 0.1) is 0 Å². The lowest BCUT2D eigenvalue weighted by Crippen LogP contribution is -2.08. The molecule has 0 aromatic carbocycles. The third-order valence-corrected chi connectivity index (χ3v) is 2.24. The SMILES string of the molecule is C=NC(=NCC)Nc1cnn(C2CC2)c1. The van der Waals surface area contributed by atoms with Gasteiger partial charge in [0.1, 0.15) is 0 Å². The van der Waals surface area contributed by atoms with Crippen molar-refractivity contribution in [1.82, 2.24) is 9.78 Å². The highest BCUT2D eigenvalue weighted by atomic mass is 15.3. The molecule has 1 saturated carbocycles. The maximum atomic E-state index is 4.26. The standard InChI is InChI=1S/C10H15N5/c1-3-12-10(11-2)14-8-6-13-15(7-8)9-4-5-9/h6-7,9H,2-5H2,1H3,(H,12,14). The molecule has 1 N–H and O–H groups in total. The summed E-state index contributed by atoms with van der Waals surface area (Å²) in [5, 5.41) is 7.33. The van der Waals surface area contributed by atoms with Gasteiger partial charge in [0, 0.05) is 12.7 Å². The number of rotatable bonds is 3. The zero-order chi connectivity index (χ0) is 10.7. The summed E-state index contributed by atoms with van der Waals surface area (Å²) in [6, 6.07) is 0.601. The fraction of sp³-hybridized carbons (Fsp3) is 0.500. The van der Waals surface area contributed by atoms with Crippen molar-refractivity contribution >= 4 is 18.4 Å². The van der Waals surface area contributed by atoms with Crippen molar-refractivity contribution in [2.45, 2.75) is 25.8 Å². The van der Waals surface area contributed by atoms with Crippen molar-refractivity contribution in [3.8, 4) is 0 Å². The number of anilines is 1. The number of nitrogens with zero attached hydrogens (tertiary/aromatic N) is 4. The lowest BCUT2D eigenvalue weighted by molar-refractivity contribution is 0.642. The summed E-state index contributed by atoms with van der Waals surface area (Å²) in [6.45, 7) is 6.11. The van der Waals surface area contributed by atoms with Crippen LogP contribution < -0.4 is 5.32 Å². The van der Waals surface area contributed by atoms with Crippen LogP contribution in [0.1, 0.15) is 25.8 Å². The Balaban J connectivity index is 2.02. The van der Waals surface area contributed by atoms with Crippen LogP contribution in [0.5, 0.6) is 0 Å². The van der Waals surface area contributed by atoms with Crippen LogP contribution in [0.15, 0.2) is 22.4 Å². The van der Waals surface area contributed by atoms with Gasteiger partial charge in [-0.05, 0) is 26.5 Å². The van der Waals surface area contributed by atoms with Crippen molar-refractivity contribution < 1.29 is 0 Å². The Morgan fingerprint density at radius 2 is 2.53 bits per heavy atom. The molecule has 1 aliphatic carbocycles. The highest BCUT2D eigenvalue weighted by Gasteiger charge is 2.24. The Morgan fingerprint density at radius 3 is 3.13 bits per heavy atom. The van der Waals surface area contributed by atoms with Gasteiger partial charge in [0.15, 0.2) is 0 Å². The molecule has 0 aliphatic heterocycles. The lowest BCUT2D eigenvalue weighted by atomic mass is 10.5. The zero-order valence-electron chi connectivity index (χ0n) is 8.85. The van der Waals surface area contributed by atoms with Gasteiger partial charge < -0.3 is 5.32 Å². The zero-order valence-corrected chi connectivity index (χ0v) is 8.85. The van der Waals surface area contributed by atoms with Crippen molar-refractivity contribution in [2.75, 3.05) is 11.9 Å². The fourth-order valence-electron chi connectivity index (χ4n) is 1.35.